The summed E-state index contributed by atoms with van der Waals surface area (Å²) < 4.78 is 7.73. The van der Waals surface area contributed by atoms with E-state index in [1.165, 1.54) is 5.56 Å². The lowest BCUT2D eigenvalue weighted by Gasteiger charge is -2.16. The second-order valence-corrected chi connectivity index (χ2v) is 9.64. The molecule has 0 unspecified atom stereocenters. The van der Waals surface area contributed by atoms with Crippen molar-refractivity contribution in [3.8, 4) is 11.8 Å². The number of carbonyl (C=O) groups excluding carboxylic acids is 1. The van der Waals surface area contributed by atoms with Crippen molar-refractivity contribution in [1.82, 2.24) is 9.88 Å². The molecule has 3 aromatic carbocycles. The molecule has 5 nitrogen and oxygen atoms in total. The highest BCUT2D eigenvalue weighted by molar-refractivity contribution is 5.99. The summed E-state index contributed by atoms with van der Waals surface area (Å²) in [4.78, 5) is 13.2. The Labute approximate surface area is 213 Å². The van der Waals surface area contributed by atoms with E-state index in [1.54, 1.807) is 0 Å². The van der Waals surface area contributed by atoms with Crippen molar-refractivity contribution in [2.75, 3.05) is 6.61 Å². The van der Waals surface area contributed by atoms with Crippen LogP contribution in [-0.4, -0.2) is 17.1 Å². The van der Waals surface area contributed by atoms with Crippen LogP contribution in [0.5, 0.6) is 5.75 Å². The van der Waals surface area contributed by atoms with Gasteiger partial charge in [0.1, 0.15) is 11.8 Å². The molecule has 0 saturated heterocycles. The highest BCUT2D eigenvalue weighted by Crippen LogP contribution is 2.28. The van der Waals surface area contributed by atoms with Crippen molar-refractivity contribution in [1.29, 1.82) is 5.26 Å². The maximum atomic E-state index is 13.2. The van der Waals surface area contributed by atoms with Gasteiger partial charge in [0.15, 0.2) is 6.61 Å². The first-order valence-corrected chi connectivity index (χ1v) is 12.4. The molecule has 184 valence electrons. The van der Waals surface area contributed by atoms with E-state index in [2.05, 4.69) is 67.9 Å². The SMILES string of the molecule is Cc1c(C)n(Cc2cccc(OCC#N)c2)c2ccc(C(=O)N[C@@H](C)c3cccc(C(C)C)c3)cc12. The monoisotopic (exact) mass is 479 g/mol. The maximum Gasteiger partial charge on any atom is 0.251 e. The lowest BCUT2D eigenvalue weighted by Crippen LogP contribution is -2.26. The molecule has 1 aromatic heterocycles. The van der Waals surface area contributed by atoms with Gasteiger partial charge in [-0.2, -0.15) is 5.26 Å². The number of aromatic nitrogens is 1. The van der Waals surface area contributed by atoms with Crippen molar-refractivity contribution in [3.63, 3.8) is 0 Å². The number of hydrogen-bond donors (Lipinski definition) is 1. The highest BCUT2D eigenvalue weighted by Gasteiger charge is 2.17. The van der Waals surface area contributed by atoms with Crippen molar-refractivity contribution in [3.05, 3.63) is 100 Å². The van der Waals surface area contributed by atoms with Gasteiger partial charge in [-0.15, -0.1) is 0 Å². The lowest BCUT2D eigenvalue weighted by atomic mass is 9.98. The molecule has 0 aliphatic rings. The first kappa shape index (κ1) is 25.1. The van der Waals surface area contributed by atoms with Gasteiger partial charge in [0.25, 0.3) is 5.91 Å². The molecule has 1 atom stereocenters. The molecule has 0 aliphatic carbocycles. The van der Waals surface area contributed by atoms with Crippen LogP contribution in [0.25, 0.3) is 10.9 Å². The van der Waals surface area contributed by atoms with Crippen LogP contribution < -0.4 is 10.1 Å². The molecule has 1 heterocycles. The van der Waals surface area contributed by atoms with Gasteiger partial charge in [-0.1, -0.05) is 50.2 Å². The summed E-state index contributed by atoms with van der Waals surface area (Å²) >= 11 is 0. The second-order valence-electron chi connectivity index (χ2n) is 9.64. The van der Waals surface area contributed by atoms with E-state index in [-0.39, 0.29) is 18.6 Å². The zero-order chi connectivity index (χ0) is 25.8. The van der Waals surface area contributed by atoms with Crippen LogP contribution in [0.4, 0.5) is 0 Å². The molecule has 0 radical (unpaired) electrons. The van der Waals surface area contributed by atoms with E-state index in [0.717, 1.165) is 33.3 Å². The fourth-order valence-corrected chi connectivity index (χ4v) is 4.58. The van der Waals surface area contributed by atoms with Crippen LogP contribution in [0.15, 0.2) is 66.7 Å². The van der Waals surface area contributed by atoms with E-state index in [0.29, 0.717) is 23.8 Å². The third-order valence-corrected chi connectivity index (χ3v) is 6.87. The summed E-state index contributed by atoms with van der Waals surface area (Å²) in [6.07, 6.45) is 0. The van der Waals surface area contributed by atoms with Crippen molar-refractivity contribution < 1.29 is 9.53 Å². The molecular formula is C31H33N3O2. The normalized spacial score (nSPS) is 11.9. The van der Waals surface area contributed by atoms with E-state index in [9.17, 15) is 4.79 Å². The Kier molecular flexibility index (Phi) is 7.45. The highest BCUT2D eigenvalue weighted by atomic mass is 16.5. The van der Waals surface area contributed by atoms with Gasteiger partial charge in [0.2, 0.25) is 0 Å². The van der Waals surface area contributed by atoms with Gasteiger partial charge in [0, 0.05) is 28.7 Å². The Hall–Kier alpha value is -4.04. The minimum absolute atomic E-state index is 0.0284. The zero-order valence-electron chi connectivity index (χ0n) is 21.6. The minimum atomic E-state index is -0.0881. The van der Waals surface area contributed by atoms with Crippen LogP contribution in [-0.2, 0) is 6.54 Å². The number of fused-ring (bicyclic) bond motifs is 1. The minimum Gasteiger partial charge on any atom is -0.479 e. The number of aryl methyl sites for hydroxylation is 1. The smallest absolute Gasteiger partial charge is 0.251 e. The molecule has 5 heteroatoms. The quantitative estimate of drug-likeness (QED) is 0.301. The number of ether oxygens (including phenoxy) is 1. The summed E-state index contributed by atoms with van der Waals surface area (Å²) in [5, 5.41) is 13.0. The molecular weight excluding hydrogens is 446 g/mol. The summed E-state index contributed by atoms with van der Waals surface area (Å²) in [6, 6.07) is 24.1. The summed E-state index contributed by atoms with van der Waals surface area (Å²) in [7, 11) is 0. The fourth-order valence-electron chi connectivity index (χ4n) is 4.58. The van der Waals surface area contributed by atoms with Gasteiger partial charge < -0.3 is 14.6 Å². The van der Waals surface area contributed by atoms with Crippen LogP contribution in [0.1, 0.15) is 71.0 Å². The first-order valence-electron chi connectivity index (χ1n) is 12.4. The summed E-state index contributed by atoms with van der Waals surface area (Å²) in [6.45, 7) is 11.3. The van der Waals surface area contributed by atoms with Gasteiger partial charge >= 0.3 is 0 Å². The van der Waals surface area contributed by atoms with E-state index in [1.807, 2.05) is 49.4 Å². The summed E-state index contributed by atoms with van der Waals surface area (Å²) in [5.41, 5.74) is 7.52. The number of amides is 1. The Bertz CT molecular complexity index is 1440. The van der Waals surface area contributed by atoms with E-state index in [4.69, 9.17) is 10.00 Å². The van der Waals surface area contributed by atoms with Gasteiger partial charge in [0.05, 0.1) is 6.04 Å². The average molecular weight is 480 g/mol. The van der Waals surface area contributed by atoms with E-state index >= 15 is 0 Å². The molecule has 0 bridgehead atoms. The van der Waals surface area contributed by atoms with Crippen molar-refractivity contribution >= 4 is 16.8 Å². The molecule has 0 aliphatic heterocycles. The third-order valence-electron chi connectivity index (χ3n) is 6.87. The van der Waals surface area contributed by atoms with Crippen LogP contribution in [0.2, 0.25) is 0 Å². The molecule has 0 spiro atoms. The first-order chi connectivity index (χ1) is 17.3. The lowest BCUT2D eigenvalue weighted by molar-refractivity contribution is 0.0940. The Morgan fingerprint density at radius 1 is 1.00 bits per heavy atom. The number of rotatable bonds is 8. The molecule has 36 heavy (non-hydrogen) atoms. The van der Waals surface area contributed by atoms with Gasteiger partial charge in [-0.3, -0.25) is 4.79 Å². The Balaban J connectivity index is 1.57. The predicted octanol–water partition coefficient (Wildman–Crippen LogP) is 6.82. The molecule has 4 aromatic rings. The molecule has 4 rings (SSSR count). The average Bonchev–Trinajstić information content (AvgIpc) is 3.12. The molecule has 1 N–H and O–H groups in total. The number of hydrogen-bond acceptors (Lipinski definition) is 3. The van der Waals surface area contributed by atoms with Gasteiger partial charge in [-0.05, 0) is 79.3 Å². The topological polar surface area (TPSA) is 67.0 Å². The largest absolute Gasteiger partial charge is 0.479 e. The number of nitriles is 1. The van der Waals surface area contributed by atoms with Gasteiger partial charge in [-0.25, -0.2) is 0 Å². The number of carbonyl (C=O) groups is 1. The third kappa shape index (κ3) is 5.28. The molecule has 0 saturated carbocycles. The zero-order valence-corrected chi connectivity index (χ0v) is 21.6. The maximum absolute atomic E-state index is 13.2. The Morgan fingerprint density at radius 3 is 2.50 bits per heavy atom. The standard InChI is InChI=1S/C31H33N3O2/c1-20(2)25-9-7-10-26(17-25)22(4)33-31(35)27-12-13-30-29(18-27)21(3)23(5)34(30)19-24-8-6-11-28(16-24)36-15-14-32/h6-13,16-18,20,22H,15,19H2,1-5H3,(H,33,35)/t22-/m0/s1. The summed E-state index contributed by atoms with van der Waals surface area (Å²) in [5.74, 6) is 1.05. The van der Waals surface area contributed by atoms with Crippen molar-refractivity contribution in [2.24, 2.45) is 0 Å². The predicted molar refractivity (Wildman–Crippen MR) is 144 cm³/mol. The van der Waals surface area contributed by atoms with Crippen LogP contribution in [0.3, 0.4) is 0 Å². The molecule has 1 amide bonds. The Morgan fingerprint density at radius 2 is 1.75 bits per heavy atom. The van der Waals surface area contributed by atoms with Crippen LogP contribution in [0, 0.1) is 25.2 Å². The number of nitrogens with zero attached hydrogens (tertiary/aromatic N) is 2. The number of nitrogens with one attached hydrogen (secondary N) is 1. The van der Waals surface area contributed by atoms with E-state index < -0.39 is 0 Å². The molecule has 0 fully saturated rings. The van der Waals surface area contributed by atoms with Crippen molar-refractivity contribution in [2.45, 2.75) is 53.1 Å². The fraction of sp³-hybridized carbons (Fsp3) is 0.290. The second kappa shape index (κ2) is 10.7. The number of benzene rings is 3. The van der Waals surface area contributed by atoms with Crippen LogP contribution >= 0.6 is 0 Å².